The molecule has 5 heteroatoms. The fourth-order valence-corrected chi connectivity index (χ4v) is 3.74. The van der Waals surface area contributed by atoms with Gasteiger partial charge in [0.1, 0.15) is 5.75 Å². The Balaban J connectivity index is 1.45. The number of amides is 1. The number of aromatic hydroxyl groups is 1. The van der Waals surface area contributed by atoms with Crippen LogP contribution in [0, 0.1) is 5.92 Å². The monoisotopic (exact) mass is 317 g/mol. The minimum absolute atomic E-state index is 0.214. The smallest absolute Gasteiger partial charge is 0.222 e. The SMILES string of the molecule is N[C@@H]1CCC[C@H]1CC(=O)N1CCN(Cc2cccc(O)c2)CC1. The summed E-state index contributed by atoms with van der Waals surface area (Å²) in [5, 5.41) is 9.53. The summed E-state index contributed by atoms with van der Waals surface area (Å²) in [4.78, 5) is 16.8. The van der Waals surface area contributed by atoms with Crippen molar-refractivity contribution in [3.8, 4) is 5.75 Å². The van der Waals surface area contributed by atoms with E-state index in [-0.39, 0.29) is 11.9 Å². The molecule has 0 aromatic heterocycles. The van der Waals surface area contributed by atoms with Crippen LogP contribution in [0.5, 0.6) is 5.75 Å². The van der Waals surface area contributed by atoms with Gasteiger partial charge >= 0.3 is 0 Å². The highest BCUT2D eigenvalue weighted by atomic mass is 16.3. The lowest BCUT2D eigenvalue weighted by Gasteiger charge is -2.35. The van der Waals surface area contributed by atoms with Crippen LogP contribution in [0.25, 0.3) is 0 Å². The molecule has 1 heterocycles. The van der Waals surface area contributed by atoms with Gasteiger partial charge in [0.05, 0.1) is 0 Å². The van der Waals surface area contributed by atoms with Crippen molar-refractivity contribution >= 4 is 5.91 Å². The van der Waals surface area contributed by atoms with E-state index in [2.05, 4.69) is 4.90 Å². The molecule has 2 atom stereocenters. The number of phenolic OH excluding ortho intramolecular Hbond substituents is 1. The zero-order valence-corrected chi connectivity index (χ0v) is 13.7. The highest BCUT2D eigenvalue weighted by Gasteiger charge is 2.29. The predicted octanol–water partition coefficient (Wildman–Crippen LogP) is 1.55. The van der Waals surface area contributed by atoms with Crippen molar-refractivity contribution in [3.05, 3.63) is 29.8 Å². The molecular formula is C18H27N3O2. The van der Waals surface area contributed by atoms with E-state index in [9.17, 15) is 9.90 Å². The Kier molecular flexibility index (Phi) is 5.18. The van der Waals surface area contributed by atoms with Gasteiger partial charge in [-0.15, -0.1) is 0 Å². The van der Waals surface area contributed by atoms with E-state index in [1.165, 1.54) is 0 Å². The number of hydrogen-bond donors (Lipinski definition) is 2. The van der Waals surface area contributed by atoms with Crippen molar-refractivity contribution in [1.29, 1.82) is 0 Å². The van der Waals surface area contributed by atoms with Crippen molar-refractivity contribution < 1.29 is 9.90 Å². The first-order valence-electron chi connectivity index (χ1n) is 8.65. The number of nitrogens with zero attached hydrogens (tertiary/aromatic N) is 2. The van der Waals surface area contributed by atoms with E-state index in [4.69, 9.17) is 5.73 Å². The summed E-state index contributed by atoms with van der Waals surface area (Å²) < 4.78 is 0. The third-order valence-corrected chi connectivity index (χ3v) is 5.20. The number of rotatable bonds is 4. The maximum atomic E-state index is 12.4. The molecule has 0 spiro atoms. The number of carbonyl (C=O) groups excluding carboxylic acids is 1. The molecule has 1 aromatic carbocycles. The number of benzene rings is 1. The van der Waals surface area contributed by atoms with Crippen LogP contribution < -0.4 is 5.73 Å². The van der Waals surface area contributed by atoms with Crippen LogP contribution >= 0.6 is 0 Å². The summed E-state index contributed by atoms with van der Waals surface area (Å²) >= 11 is 0. The first kappa shape index (κ1) is 16.3. The topological polar surface area (TPSA) is 69.8 Å². The molecular weight excluding hydrogens is 290 g/mol. The lowest BCUT2D eigenvalue weighted by Crippen LogP contribution is -2.49. The normalized spacial score (nSPS) is 25.7. The molecule has 0 bridgehead atoms. The van der Waals surface area contributed by atoms with Crippen molar-refractivity contribution in [3.63, 3.8) is 0 Å². The molecule has 1 aliphatic carbocycles. The quantitative estimate of drug-likeness (QED) is 0.884. The summed E-state index contributed by atoms with van der Waals surface area (Å²) in [6.45, 7) is 4.18. The Morgan fingerprint density at radius 3 is 2.65 bits per heavy atom. The molecule has 1 amide bonds. The minimum Gasteiger partial charge on any atom is -0.508 e. The number of phenols is 1. The van der Waals surface area contributed by atoms with E-state index < -0.39 is 0 Å². The van der Waals surface area contributed by atoms with Gasteiger partial charge < -0.3 is 15.7 Å². The third kappa shape index (κ3) is 4.24. The van der Waals surface area contributed by atoms with Gasteiger partial charge in [0, 0.05) is 45.2 Å². The van der Waals surface area contributed by atoms with Crippen molar-refractivity contribution in [2.45, 2.75) is 38.3 Å². The Morgan fingerprint density at radius 2 is 2.00 bits per heavy atom. The number of hydrogen-bond acceptors (Lipinski definition) is 4. The highest BCUT2D eigenvalue weighted by Crippen LogP contribution is 2.27. The molecule has 23 heavy (non-hydrogen) atoms. The second-order valence-electron chi connectivity index (χ2n) is 6.89. The summed E-state index contributed by atoms with van der Waals surface area (Å²) in [6, 6.07) is 7.60. The summed E-state index contributed by atoms with van der Waals surface area (Å²) in [5.74, 6) is 0.960. The molecule has 3 N–H and O–H groups in total. The van der Waals surface area contributed by atoms with Crippen LogP contribution in [-0.2, 0) is 11.3 Å². The zero-order chi connectivity index (χ0) is 16.2. The standard InChI is InChI=1S/C18H27N3O2/c19-17-6-2-4-15(17)12-18(23)21-9-7-20(8-10-21)13-14-3-1-5-16(22)11-14/h1,3,5,11,15,17,22H,2,4,6-10,12-13,19H2/t15-,17+/m0/s1. The van der Waals surface area contributed by atoms with Gasteiger partial charge in [-0.3, -0.25) is 9.69 Å². The third-order valence-electron chi connectivity index (χ3n) is 5.20. The van der Waals surface area contributed by atoms with E-state index >= 15 is 0 Å². The Morgan fingerprint density at radius 1 is 1.22 bits per heavy atom. The van der Waals surface area contributed by atoms with Crippen molar-refractivity contribution in [2.24, 2.45) is 11.7 Å². The molecule has 1 saturated heterocycles. The maximum Gasteiger partial charge on any atom is 0.222 e. The summed E-state index contributed by atoms with van der Waals surface area (Å²) in [7, 11) is 0. The van der Waals surface area contributed by atoms with E-state index in [1.54, 1.807) is 12.1 Å². The molecule has 1 saturated carbocycles. The lowest BCUT2D eigenvalue weighted by atomic mass is 9.99. The Labute approximate surface area is 138 Å². The molecule has 0 unspecified atom stereocenters. The average Bonchev–Trinajstić information content (AvgIpc) is 2.93. The zero-order valence-electron chi connectivity index (χ0n) is 13.7. The van der Waals surface area contributed by atoms with Crippen LogP contribution in [0.3, 0.4) is 0 Å². The van der Waals surface area contributed by atoms with Gasteiger partial charge in [-0.1, -0.05) is 18.6 Å². The highest BCUT2D eigenvalue weighted by molar-refractivity contribution is 5.76. The second-order valence-corrected chi connectivity index (χ2v) is 6.89. The predicted molar refractivity (Wildman–Crippen MR) is 89.9 cm³/mol. The minimum atomic E-state index is 0.214. The van der Waals surface area contributed by atoms with Gasteiger partial charge in [-0.05, 0) is 36.5 Å². The van der Waals surface area contributed by atoms with E-state index in [0.29, 0.717) is 18.1 Å². The fraction of sp³-hybridized carbons (Fsp3) is 0.611. The number of piperazine rings is 1. The molecule has 126 valence electrons. The molecule has 2 fully saturated rings. The molecule has 0 radical (unpaired) electrons. The summed E-state index contributed by atoms with van der Waals surface area (Å²) in [6.07, 6.45) is 3.95. The molecule has 1 aliphatic heterocycles. The van der Waals surface area contributed by atoms with Gasteiger partial charge in [0.15, 0.2) is 0 Å². The molecule has 2 aliphatic rings. The summed E-state index contributed by atoms with van der Waals surface area (Å²) in [5.41, 5.74) is 7.19. The number of nitrogens with two attached hydrogens (primary N) is 1. The Bertz CT molecular complexity index is 541. The number of carbonyl (C=O) groups is 1. The van der Waals surface area contributed by atoms with Gasteiger partial charge in [-0.2, -0.15) is 0 Å². The van der Waals surface area contributed by atoms with Crippen LogP contribution in [0.2, 0.25) is 0 Å². The lowest BCUT2D eigenvalue weighted by molar-refractivity contribution is -0.134. The van der Waals surface area contributed by atoms with Crippen LogP contribution in [0.1, 0.15) is 31.2 Å². The van der Waals surface area contributed by atoms with Crippen molar-refractivity contribution in [1.82, 2.24) is 9.80 Å². The first-order valence-corrected chi connectivity index (χ1v) is 8.65. The molecule has 1 aromatic rings. The molecule has 3 rings (SSSR count). The van der Waals surface area contributed by atoms with Crippen molar-refractivity contribution in [2.75, 3.05) is 26.2 Å². The van der Waals surface area contributed by atoms with E-state index in [0.717, 1.165) is 57.5 Å². The first-order chi connectivity index (χ1) is 11.1. The maximum absolute atomic E-state index is 12.4. The Hall–Kier alpha value is -1.59. The van der Waals surface area contributed by atoms with Gasteiger partial charge in [0.25, 0.3) is 0 Å². The average molecular weight is 317 g/mol. The van der Waals surface area contributed by atoms with Gasteiger partial charge in [-0.25, -0.2) is 0 Å². The largest absolute Gasteiger partial charge is 0.508 e. The molecule has 5 nitrogen and oxygen atoms in total. The van der Waals surface area contributed by atoms with E-state index in [1.807, 2.05) is 17.0 Å². The van der Waals surface area contributed by atoms with Crippen LogP contribution in [0.15, 0.2) is 24.3 Å². The van der Waals surface area contributed by atoms with Crippen LogP contribution in [0.4, 0.5) is 0 Å². The van der Waals surface area contributed by atoms with Gasteiger partial charge in [0.2, 0.25) is 5.91 Å². The van der Waals surface area contributed by atoms with Crippen LogP contribution in [-0.4, -0.2) is 53.0 Å². The second kappa shape index (κ2) is 7.32. The fourth-order valence-electron chi connectivity index (χ4n) is 3.74.